The molecule has 2 unspecified atom stereocenters. The number of carbonyl (C=O) groups excluding carboxylic acids is 2. The Balaban J connectivity index is 1.77. The number of benzene rings is 2. The molecule has 0 saturated heterocycles. The molecule has 1 aliphatic carbocycles. The third kappa shape index (κ3) is 4.58. The largest absolute Gasteiger partial charge is 0.497 e. The lowest BCUT2D eigenvalue weighted by atomic mass is 9.71. The molecule has 1 aliphatic heterocycles. The molecule has 1 N–H and O–H groups in total. The van der Waals surface area contributed by atoms with Crippen molar-refractivity contribution in [1.29, 1.82) is 0 Å². The summed E-state index contributed by atoms with van der Waals surface area (Å²) in [7, 11) is 1.65. The van der Waals surface area contributed by atoms with Crippen LogP contribution in [0.2, 0.25) is 0 Å². The molecule has 172 valence electrons. The first-order valence-electron chi connectivity index (χ1n) is 11.2. The maximum Gasteiger partial charge on any atom is 0.336 e. The summed E-state index contributed by atoms with van der Waals surface area (Å²) in [6.45, 7) is 3.96. The second-order valence-corrected chi connectivity index (χ2v) is 9.17. The molecule has 2 aliphatic rings. The van der Waals surface area contributed by atoms with Crippen LogP contribution in [0.25, 0.3) is 0 Å². The number of methoxy groups -OCH3 is 1. The highest BCUT2D eigenvalue weighted by molar-refractivity contribution is 7.98. The van der Waals surface area contributed by atoms with Crippen molar-refractivity contribution in [2.45, 2.75) is 43.4 Å². The molecule has 0 radical (unpaired) electrons. The van der Waals surface area contributed by atoms with Gasteiger partial charge in [-0.25, -0.2) is 4.79 Å². The van der Waals surface area contributed by atoms with Gasteiger partial charge in [-0.2, -0.15) is 0 Å². The van der Waals surface area contributed by atoms with Crippen LogP contribution in [0.3, 0.4) is 0 Å². The number of hydrogen-bond donors (Lipinski definition) is 1. The van der Waals surface area contributed by atoms with E-state index in [1.54, 1.807) is 25.8 Å². The van der Waals surface area contributed by atoms with Gasteiger partial charge in [0, 0.05) is 34.2 Å². The number of hydrogen-bond acceptors (Lipinski definition) is 6. The molecule has 2 aromatic rings. The predicted octanol–water partition coefficient (Wildman–Crippen LogP) is 5.34. The van der Waals surface area contributed by atoms with Crippen LogP contribution in [-0.2, 0) is 14.3 Å². The molecule has 33 heavy (non-hydrogen) atoms. The Kier molecular flexibility index (Phi) is 6.94. The molecule has 2 aromatic carbocycles. The minimum atomic E-state index is -0.435. The Labute approximate surface area is 199 Å². The molecular formula is C27H29NO4S. The van der Waals surface area contributed by atoms with Crippen molar-refractivity contribution in [3.8, 4) is 5.75 Å². The van der Waals surface area contributed by atoms with Gasteiger partial charge in [-0.05, 0) is 67.8 Å². The number of thioether (sulfide) groups is 1. The number of rotatable bonds is 6. The Morgan fingerprint density at radius 1 is 1.12 bits per heavy atom. The molecular weight excluding hydrogens is 434 g/mol. The normalized spacial score (nSPS) is 20.3. The van der Waals surface area contributed by atoms with Crippen LogP contribution in [0.5, 0.6) is 5.75 Å². The quantitative estimate of drug-likeness (QED) is 0.461. The lowest BCUT2D eigenvalue weighted by Crippen LogP contribution is -2.36. The van der Waals surface area contributed by atoms with Gasteiger partial charge in [-0.1, -0.05) is 24.3 Å². The highest BCUT2D eigenvalue weighted by atomic mass is 32.2. The standard InChI is InChI=1S/C27H29NO4S/c1-5-32-27(30)24-16(2)28-22-14-19(18-7-6-8-20(13-18)31-3)15-23(29)26(22)25(24)17-9-11-21(33-4)12-10-17/h6-13,19,25,28H,5,14-15H2,1-4H3. The van der Waals surface area contributed by atoms with Crippen molar-refractivity contribution in [2.75, 3.05) is 20.0 Å². The van der Waals surface area contributed by atoms with E-state index in [0.29, 0.717) is 24.0 Å². The fraction of sp³-hybridized carbons (Fsp3) is 0.333. The van der Waals surface area contributed by atoms with E-state index >= 15 is 0 Å². The molecule has 6 heteroatoms. The molecule has 0 amide bonds. The van der Waals surface area contributed by atoms with Gasteiger partial charge >= 0.3 is 5.97 Å². The molecule has 0 fully saturated rings. The van der Waals surface area contributed by atoms with E-state index < -0.39 is 5.92 Å². The number of nitrogens with one attached hydrogen (secondary N) is 1. The highest BCUT2D eigenvalue weighted by Gasteiger charge is 2.41. The topological polar surface area (TPSA) is 64.6 Å². The molecule has 0 spiro atoms. The summed E-state index contributed by atoms with van der Waals surface area (Å²) in [4.78, 5) is 27.7. The van der Waals surface area contributed by atoms with Gasteiger partial charge in [-0.15, -0.1) is 11.8 Å². The van der Waals surface area contributed by atoms with Crippen molar-refractivity contribution in [2.24, 2.45) is 0 Å². The highest BCUT2D eigenvalue weighted by Crippen LogP contribution is 2.46. The monoisotopic (exact) mass is 463 g/mol. The van der Waals surface area contributed by atoms with Gasteiger partial charge in [0.25, 0.3) is 0 Å². The van der Waals surface area contributed by atoms with Crippen LogP contribution in [0, 0.1) is 0 Å². The van der Waals surface area contributed by atoms with Crippen LogP contribution >= 0.6 is 11.8 Å². The summed E-state index contributed by atoms with van der Waals surface area (Å²) < 4.78 is 10.8. The van der Waals surface area contributed by atoms with E-state index in [2.05, 4.69) is 5.32 Å². The first kappa shape index (κ1) is 23.2. The van der Waals surface area contributed by atoms with E-state index in [4.69, 9.17) is 9.47 Å². The first-order valence-corrected chi connectivity index (χ1v) is 12.4. The van der Waals surface area contributed by atoms with E-state index in [9.17, 15) is 9.59 Å². The smallest absolute Gasteiger partial charge is 0.336 e. The summed E-state index contributed by atoms with van der Waals surface area (Å²) in [5.74, 6) is 0.0783. The number of esters is 1. The minimum Gasteiger partial charge on any atom is -0.497 e. The maximum atomic E-state index is 13.6. The fourth-order valence-corrected chi connectivity index (χ4v) is 5.19. The number of dihydropyridines is 1. The van der Waals surface area contributed by atoms with Gasteiger partial charge in [0.05, 0.1) is 19.3 Å². The molecule has 5 nitrogen and oxygen atoms in total. The summed E-state index contributed by atoms with van der Waals surface area (Å²) in [6.07, 6.45) is 3.11. The summed E-state index contributed by atoms with van der Waals surface area (Å²) in [6, 6.07) is 16.0. The second-order valence-electron chi connectivity index (χ2n) is 8.29. The van der Waals surface area contributed by atoms with Crippen molar-refractivity contribution in [3.05, 3.63) is 82.2 Å². The van der Waals surface area contributed by atoms with Crippen LogP contribution in [0.4, 0.5) is 0 Å². The van der Waals surface area contributed by atoms with Gasteiger partial charge in [0.2, 0.25) is 0 Å². The van der Waals surface area contributed by atoms with Crippen LogP contribution in [-0.4, -0.2) is 31.7 Å². The number of allylic oxidation sites excluding steroid dienone is 3. The van der Waals surface area contributed by atoms with E-state index in [1.807, 2.05) is 61.7 Å². The minimum absolute atomic E-state index is 0.0512. The zero-order valence-electron chi connectivity index (χ0n) is 19.4. The molecule has 1 heterocycles. The summed E-state index contributed by atoms with van der Waals surface area (Å²) in [5.41, 5.74) is 4.83. The molecule has 4 rings (SSSR count). The van der Waals surface area contributed by atoms with Crippen molar-refractivity contribution >= 4 is 23.5 Å². The second kappa shape index (κ2) is 9.87. The first-order chi connectivity index (χ1) is 16.0. The molecule has 0 saturated carbocycles. The SMILES string of the molecule is CCOC(=O)C1=C(C)NC2=C(C(=O)CC(c3cccc(OC)c3)C2)C1c1ccc(SC)cc1. The van der Waals surface area contributed by atoms with E-state index in [1.165, 1.54) is 0 Å². The molecule has 2 atom stereocenters. The lowest BCUT2D eigenvalue weighted by Gasteiger charge is -2.36. The number of ketones is 1. The predicted molar refractivity (Wildman–Crippen MR) is 130 cm³/mol. The number of ether oxygens (including phenoxy) is 2. The van der Waals surface area contributed by atoms with Gasteiger partial charge in [0.15, 0.2) is 5.78 Å². The average Bonchev–Trinajstić information content (AvgIpc) is 2.83. The Bertz CT molecular complexity index is 1130. The van der Waals surface area contributed by atoms with Crippen molar-refractivity contribution < 1.29 is 19.1 Å². The zero-order valence-corrected chi connectivity index (χ0v) is 20.3. The summed E-state index contributed by atoms with van der Waals surface area (Å²) >= 11 is 1.66. The maximum absolute atomic E-state index is 13.6. The van der Waals surface area contributed by atoms with Gasteiger partial charge in [-0.3, -0.25) is 4.79 Å². The average molecular weight is 464 g/mol. The van der Waals surface area contributed by atoms with Crippen LogP contribution < -0.4 is 10.1 Å². The Morgan fingerprint density at radius 3 is 2.55 bits per heavy atom. The van der Waals surface area contributed by atoms with Crippen LogP contribution in [0.15, 0.2) is 76.0 Å². The van der Waals surface area contributed by atoms with Crippen LogP contribution in [0.1, 0.15) is 49.7 Å². The Hall–Kier alpha value is -2.99. The van der Waals surface area contributed by atoms with Gasteiger partial charge < -0.3 is 14.8 Å². The zero-order chi connectivity index (χ0) is 23.5. The summed E-state index contributed by atoms with van der Waals surface area (Å²) in [5, 5.41) is 3.39. The number of Topliss-reactive ketones (excluding diaryl/α,β-unsaturated/α-hetero) is 1. The lowest BCUT2D eigenvalue weighted by molar-refractivity contribution is -0.138. The fourth-order valence-electron chi connectivity index (χ4n) is 4.78. The van der Waals surface area contributed by atoms with Crippen molar-refractivity contribution in [3.63, 3.8) is 0 Å². The van der Waals surface area contributed by atoms with Gasteiger partial charge in [0.1, 0.15) is 5.75 Å². The van der Waals surface area contributed by atoms with E-state index in [-0.39, 0.29) is 24.3 Å². The Morgan fingerprint density at radius 2 is 1.88 bits per heavy atom. The molecule has 0 bridgehead atoms. The van der Waals surface area contributed by atoms with Crippen molar-refractivity contribution in [1.82, 2.24) is 5.32 Å². The molecule has 0 aromatic heterocycles. The third-order valence-corrected chi connectivity index (χ3v) is 7.08. The third-order valence-electron chi connectivity index (χ3n) is 6.34. The number of carbonyl (C=O) groups is 2. The van der Waals surface area contributed by atoms with E-state index in [0.717, 1.165) is 33.2 Å².